The SMILES string of the molecule is O=C1C(=O)c2ccccc2OC1=C1C=CC(O)=CC1. The van der Waals surface area contributed by atoms with E-state index < -0.39 is 11.6 Å². The Morgan fingerprint density at radius 2 is 1.84 bits per heavy atom. The first-order valence-electron chi connectivity index (χ1n) is 5.83. The standard InChI is InChI=1S/C15H10O4/c16-10-7-5-9(6-8-10)15-14(18)13(17)11-3-1-2-4-12(11)19-15/h1-5,7-8,16H,6H2. The van der Waals surface area contributed by atoms with Gasteiger partial charge in [-0.3, -0.25) is 9.59 Å². The quantitative estimate of drug-likeness (QED) is 0.570. The van der Waals surface area contributed by atoms with E-state index in [0.717, 1.165) is 0 Å². The Hall–Kier alpha value is -2.62. The largest absolute Gasteiger partial charge is 0.508 e. The summed E-state index contributed by atoms with van der Waals surface area (Å²) in [6.07, 6.45) is 4.97. The topological polar surface area (TPSA) is 63.6 Å². The zero-order valence-electron chi connectivity index (χ0n) is 9.92. The lowest BCUT2D eigenvalue weighted by Crippen LogP contribution is -2.27. The predicted octanol–water partition coefficient (Wildman–Crippen LogP) is 2.49. The number of aliphatic hydroxyl groups is 1. The van der Waals surface area contributed by atoms with Crippen molar-refractivity contribution in [3.8, 4) is 5.75 Å². The van der Waals surface area contributed by atoms with Crippen molar-refractivity contribution in [1.82, 2.24) is 0 Å². The average Bonchev–Trinajstić information content (AvgIpc) is 2.44. The van der Waals surface area contributed by atoms with Crippen LogP contribution in [0.3, 0.4) is 0 Å². The van der Waals surface area contributed by atoms with Crippen molar-refractivity contribution in [2.24, 2.45) is 0 Å². The maximum Gasteiger partial charge on any atom is 0.269 e. The molecule has 94 valence electrons. The molecule has 2 aliphatic rings. The van der Waals surface area contributed by atoms with Gasteiger partial charge in [0.15, 0.2) is 5.76 Å². The van der Waals surface area contributed by atoms with E-state index >= 15 is 0 Å². The van der Waals surface area contributed by atoms with E-state index in [9.17, 15) is 14.7 Å². The van der Waals surface area contributed by atoms with E-state index in [-0.39, 0.29) is 17.1 Å². The van der Waals surface area contributed by atoms with E-state index in [1.807, 2.05) is 0 Å². The summed E-state index contributed by atoms with van der Waals surface area (Å²) in [6.45, 7) is 0. The minimum atomic E-state index is -0.645. The number of rotatable bonds is 0. The monoisotopic (exact) mass is 254 g/mol. The Bertz CT molecular complexity index is 677. The summed E-state index contributed by atoms with van der Waals surface area (Å²) < 4.78 is 5.54. The summed E-state index contributed by atoms with van der Waals surface area (Å²) in [5.41, 5.74) is 0.876. The molecule has 1 N–H and O–H groups in total. The second kappa shape index (κ2) is 4.24. The Labute approximate surface area is 109 Å². The van der Waals surface area contributed by atoms with Crippen LogP contribution in [0.2, 0.25) is 0 Å². The minimum absolute atomic E-state index is 0.0451. The van der Waals surface area contributed by atoms with Gasteiger partial charge in [0.2, 0.25) is 5.78 Å². The first-order chi connectivity index (χ1) is 9.16. The van der Waals surface area contributed by atoms with Crippen LogP contribution in [0.15, 0.2) is 59.6 Å². The number of carbonyl (C=O) groups is 2. The maximum absolute atomic E-state index is 12.0. The molecule has 1 heterocycles. The highest BCUT2D eigenvalue weighted by Gasteiger charge is 2.32. The van der Waals surface area contributed by atoms with Gasteiger partial charge in [-0.1, -0.05) is 18.2 Å². The van der Waals surface area contributed by atoms with E-state index in [1.54, 1.807) is 36.4 Å². The first kappa shape index (κ1) is 11.5. The van der Waals surface area contributed by atoms with Gasteiger partial charge in [0.1, 0.15) is 11.5 Å². The third-order valence-electron chi connectivity index (χ3n) is 3.03. The van der Waals surface area contributed by atoms with Gasteiger partial charge in [-0.25, -0.2) is 0 Å². The van der Waals surface area contributed by atoms with Crippen LogP contribution in [0.5, 0.6) is 5.75 Å². The number of para-hydroxylation sites is 1. The molecule has 1 aromatic rings. The number of carbonyl (C=O) groups excluding carboxylic acids is 2. The fourth-order valence-electron chi connectivity index (χ4n) is 2.04. The molecule has 0 spiro atoms. The fraction of sp³-hybridized carbons (Fsp3) is 0.0667. The van der Waals surface area contributed by atoms with Gasteiger partial charge in [-0.2, -0.15) is 0 Å². The van der Waals surface area contributed by atoms with Crippen molar-refractivity contribution in [3.05, 3.63) is 65.1 Å². The molecule has 0 saturated carbocycles. The number of hydrogen-bond donors (Lipinski definition) is 1. The molecular formula is C15H10O4. The smallest absolute Gasteiger partial charge is 0.269 e. The maximum atomic E-state index is 12.0. The van der Waals surface area contributed by atoms with Gasteiger partial charge in [0.25, 0.3) is 5.78 Å². The molecule has 19 heavy (non-hydrogen) atoms. The third-order valence-corrected chi connectivity index (χ3v) is 3.03. The van der Waals surface area contributed by atoms with E-state index in [2.05, 4.69) is 0 Å². The number of Topliss-reactive ketones (excluding diaryl/α,β-unsaturated/α-hetero) is 2. The van der Waals surface area contributed by atoms with Gasteiger partial charge in [-0.05, 0) is 30.7 Å². The van der Waals surface area contributed by atoms with Gasteiger partial charge in [0.05, 0.1) is 5.56 Å². The molecule has 0 bridgehead atoms. The summed E-state index contributed by atoms with van der Waals surface area (Å²) >= 11 is 0. The van der Waals surface area contributed by atoms with Crippen LogP contribution in [-0.4, -0.2) is 16.7 Å². The second-order valence-electron chi connectivity index (χ2n) is 4.28. The van der Waals surface area contributed by atoms with Crippen LogP contribution in [0.25, 0.3) is 0 Å². The molecule has 1 aliphatic heterocycles. The van der Waals surface area contributed by atoms with Crippen molar-refractivity contribution >= 4 is 11.6 Å². The zero-order chi connectivity index (χ0) is 13.4. The normalized spacial score (nSPS) is 21.8. The Morgan fingerprint density at radius 3 is 2.58 bits per heavy atom. The van der Waals surface area contributed by atoms with Gasteiger partial charge >= 0.3 is 0 Å². The average molecular weight is 254 g/mol. The Kier molecular flexibility index (Phi) is 2.56. The van der Waals surface area contributed by atoms with Crippen molar-refractivity contribution in [1.29, 1.82) is 0 Å². The first-order valence-corrected chi connectivity index (χ1v) is 5.83. The van der Waals surface area contributed by atoms with Crippen LogP contribution in [0, 0.1) is 0 Å². The highest BCUT2D eigenvalue weighted by Crippen LogP contribution is 2.30. The van der Waals surface area contributed by atoms with Crippen molar-refractivity contribution < 1.29 is 19.4 Å². The lowest BCUT2D eigenvalue weighted by Gasteiger charge is -2.19. The fourth-order valence-corrected chi connectivity index (χ4v) is 2.04. The molecule has 0 radical (unpaired) electrons. The Morgan fingerprint density at radius 1 is 1.05 bits per heavy atom. The van der Waals surface area contributed by atoms with Crippen LogP contribution in [-0.2, 0) is 4.79 Å². The van der Waals surface area contributed by atoms with Gasteiger partial charge in [0, 0.05) is 5.57 Å². The molecule has 0 unspecified atom stereocenters. The summed E-state index contributed by atoms with van der Waals surface area (Å²) in [5.74, 6) is -0.630. The predicted molar refractivity (Wildman–Crippen MR) is 67.9 cm³/mol. The third kappa shape index (κ3) is 1.87. The van der Waals surface area contributed by atoms with Gasteiger partial charge < -0.3 is 9.84 Å². The molecule has 4 nitrogen and oxygen atoms in total. The lowest BCUT2D eigenvalue weighted by molar-refractivity contribution is -0.114. The molecule has 1 aliphatic carbocycles. The second-order valence-corrected chi connectivity index (χ2v) is 4.28. The minimum Gasteiger partial charge on any atom is -0.508 e. The molecule has 0 amide bonds. The van der Waals surface area contributed by atoms with E-state index in [1.165, 1.54) is 6.08 Å². The number of allylic oxidation sites excluding steroid dienone is 5. The zero-order valence-corrected chi connectivity index (χ0v) is 9.92. The summed E-state index contributed by atoms with van der Waals surface area (Å²) in [7, 11) is 0. The Balaban J connectivity index is 2.08. The van der Waals surface area contributed by atoms with Gasteiger partial charge in [-0.15, -0.1) is 0 Å². The number of ketones is 2. The van der Waals surface area contributed by atoms with Crippen molar-refractivity contribution in [3.63, 3.8) is 0 Å². The molecule has 3 rings (SSSR count). The molecule has 0 atom stereocenters. The number of ether oxygens (including phenoxy) is 1. The number of hydrogen-bond acceptors (Lipinski definition) is 4. The van der Waals surface area contributed by atoms with Crippen LogP contribution in [0.4, 0.5) is 0 Å². The number of fused-ring (bicyclic) bond motifs is 1. The molecule has 4 heteroatoms. The number of benzene rings is 1. The summed E-state index contributed by atoms with van der Waals surface area (Å²) in [6, 6.07) is 6.65. The number of aliphatic hydroxyl groups excluding tert-OH is 1. The molecule has 1 aromatic carbocycles. The van der Waals surface area contributed by atoms with Crippen LogP contribution in [0.1, 0.15) is 16.8 Å². The molecular weight excluding hydrogens is 244 g/mol. The van der Waals surface area contributed by atoms with E-state index in [4.69, 9.17) is 4.74 Å². The van der Waals surface area contributed by atoms with Crippen molar-refractivity contribution in [2.75, 3.05) is 0 Å². The highest BCUT2D eigenvalue weighted by atomic mass is 16.5. The van der Waals surface area contributed by atoms with Crippen LogP contribution < -0.4 is 4.74 Å². The summed E-state index contributed by atoms with van der Waals surface area (Å²) in [5, 5.41) is 9.26. The van der Waals surface area contributed by atoms with E-state index in [0.29, 0.717) is 17.7 Å². The lowest BCUT2D eigenvalue weighted by atomic mass is 9.97. The molecule has 0 saturated heterocycles. The molecule has 0 aromatic heterocycles. The highest BCUT2D eigenvalue weighted by molar-refractivity contribution is 6.50. The molecule has 0 fully saturated rings. The van der Waals surface area contributed by atoms with Crippen LogP contribution >= 0.6 is 0 Å². The summed E-state index contributed by atoms with van der Waals surface area (Å²) in [4.78, 5) is 24.0. The van der Waals surface area contributed by atoms with Crippen molar-refractivity contribution in [2.45, 2.75) is 6.42 Å².